The van der Waals surface area contributed by atoms with Crippen molar-refractivity contribution in [1.82, 2.24) is 15.1 Å². The van der Waals surface area contributed by atoms with Crippen LogP contribution < -0.4 is 11.1 Å². The van der Waals surface area contributed by atoms with E-state index in [9.17, 15) is 4.79 Å². The van der Waals surface area contributed by atoms with Crippen molar-refractivity contribution in [3.8, 4) is 0 Å². The predicted molar refractivity (Wildman–Crippen MR) is 114 cm³/mol. The second-order valence-electron chi connectivity index (χ2n) is 8.08. The van der Waals surface area contributed by atoms with E-state index in [0.29, 0.717) is 18.0 Å². The molecule has 1 heterocycles. The van der Waals surface area contributed by atoms with Crippen LogP contribution in [0.3, 0.4) is 0 Å². The predicted octanol–water partition coefficient (Wildman–Crippen LogP) is 4.18. The maximum absolute atomic E-state index is 12.6. The third kappa shape index (κ3) is 5.56. The van der Waals surface area contributed by atoms with Gasteiger partial charge in [0.25, 0.3) is 5.91 Å². The summed E-state index contributed by atoms with van der Waals surface area (Å²) in [6.07, 6.45) is 2.41. The van der Waals surface area contributed by atoms with Gasteiger partial charge in [0.15, 0.2) is 0 Å². The van der Waals surface area contributed by atoms with Gasteiger partial charge in [-0.25, -0.2) is 0 Å². The fourth-order valence-corrected chi connectivity index (χ4v) is 3.03. The molecule has 1 amide bonds. The lowest BCUT2D eigenvalue weighted by molar-refractivity contribution is 0.0950. The molecule has 2 aromatic rings. The Kier molecular flexibility index (Phi) is 8.05. The van der Waals surface area contributed by atoms with Gasteiger partial charge in [-0.05, 0) is 44.2 Å². The molecule has 0 saturated heterocycles. The zero-order chi connectivity index (χ0) is 19.5. The zero-order valence-corrected chi connectivity index (χ0v) is 18.1. The number of nitrogens with one attached hydrogen (secondary N) is 1. The minimum absolute atomic E-state index is 0. The number of hydrogen-bond donors (Lipinski definition) is 2. The van der Waals surface area contributed by atoms with Gasteiger partial charge in [-0.1, -0.05) is 45.0 Å². The lowest BCUT2D eigenvalue weighted by Gasteiger charge is -2.22. The Bertz CT molecular complexity index is 745. The highest BCUT2D eigenvalue weighted by Gasteiger charge is 2.23. The van der Waals surface area contributed by atoms with E-state index in [0.717, 1.165) is 17.7 Å². The minimum atomic E-state index is -0.233. The lowest BCUT2D eigenvalue weighted by Crippen LogP contribution is -2.33. The van der Waals surface area contributed by atoms with Crippen molar-refractivity contribution < 1.29 is 4.79 Å². The minimum Gasteiger partial charge on any atom is -0.350 e. The van der Waals surface area contributed by atoms with E-state index in [1.165, 1.54) is 5.56 Å². The van der Waals surface area contributed by atoms with E-state index < -0.39 is 0 Å². The molecule has 2 rings (SSSR count). The highest BCUT2D eigenvalue weighted by Crippen LogP contribution is 2.20. The summed E-state index contributed by atoms with van der Waals surface area (Å²) in [7, 11) is 0. The van der Waals surface area contributed by atoms with Crippen LogP contribution in [0.15, 0.2) is 30.5 Å². The molecule has 3 N–H and O–H groups in total. The highest BCUT2D eigenvalue weighted by molar-refractivity contribution is 5.95. The molecule has 5 nitrogen and oxygen atoms in total. The summed E-state index contributed by atoms with van der Waals surface area (Å²) in [5, 5.41) is 7.37. The first-order chi connectivity index (χ1) is 12.1. The van der Waals surface area contributed by atoms with E-state index in [1.54, 1.807) is 6.20 Å². The van der Waals surface area contributed by atoms with Crippen LogP contribution in [-0.4, -0.2) is 22.2 Å². The quantitative estimate of drug-likeness (QED) is 0.774. The Morgan fingerprint density at radius 3 is 2.22 bits per heavy atom. The first-order valence-electron chi connectivity index (χ1n) is 9.36. The van der Waals surface area contributed by atoms with Crippen LogP contribution in [0.1, 0.15) is 80.7 Å². The molecule has 0 saturated carbocycles. The monoisotopic (exact) mass is 392 g/mol. The second-order valence-corrected chi connectivity index (χ2v) is 8.08. The van der Waals surface area contributed by atoms with Gasteiger partial charge in [0.1, 0.15) is 0 Å². The fraction of sp³-hybridized carbons (Fsp3) is 0.524. The Labute approximate surface area is 169 Å². The third-order valence-electron chi connectivity index (χ3n) is 4.60. The Hall–Kier alpha value is -1.85. The van der Waals surface area contributed by atoms with Gasteiger partial charge >= 0.3 is 0 Å². The van der Waals surface area contributed by atoms with Crippen LogP contribution >= 0.6 is 12.4 Å². The van der Waals surface area contributed by atoms with Crippen molar-refractivity contribution >= 4 is 18.3 Å². The first-order valence-corrected chi connectivity index (χ1v) is 9.36. The number of amides is 1. The van der Waals surface area contributed by atoms with Crippen LogP contribution in [0.25, 0.3) is 0 Å². The van der Waals surface area contributed by atoms with Crippen molar-refractivity contribution in [1.29, 1.82) is 0 Å². The summed E-state index contributed by atoms with van der Waals surface area (Å²) >= 11 is 0. The van der Waals surface area contributed by atoms with Crippen LogP contribution in [0, 0.1) is 0 Å². The van der Waals surface area contributed by atoms with Crippen LogP contribution in [0.4, 0.5) is 0 Å². The van der Waals surface area contributed by atoms with Crippen molar-refractivity contribution in [3.63, 3.8) is 0 Å². The number of halogens is 1. The normalized spacial score (nSPS) is 12.6. The summed E-state index contributed by atoms with van der Waals surface area (Å²) in [5.41, 5.74) is 9.99. The molecule has 1 aromatic carbocycles. The van der Waals surface area contributed by atoms with E-state index in [1.807, 2.05) is 23.7 Å². The molecule has 0 aliphatic heterocycles. The molecule has 0 bridgehead atoms. The number of rotatable bonds is 6. The molecule has 1 atom stereocenters. The van der Waals surface area contributed by atoms with E-state index in [-0.39, 0.29) is 29.9 Å². The largest absolute Gasteiger partial charge is 0.350 e. The molecule has 6 heteroatoms. The Balaban J connectivity index is 0.00000364. The standard InChI is InChI=1S/C21H32N4O.ClH/c1-7-19-17(12-24-25(19)21(4,5)6)20(26)23-13-18(22)16-10-8-15(9-11-16)14(2)3;/h8-12,14,18H,7,13,22H2,1-6H3,(H,23,26);1H. The number of aromatic nitrogens is 2. The average Bonchev–Trinajstić information content (AvgIpc) is 3.03. The molecule has 0 aliphatic rings. The van der Waals surface area contributed by atoms with Crippen molar-refractivity contribution in [2.45, 2.75) is 65.5 Å². The molecular weight excluding hydrogens is 360 g/mol. The molecule has 150 valence electrons. The lowest BCUT2D eigenvalue weighted by atomic mass is 9.99. The van der Waals surface area contributed by atoms with Crippen molar-refractivity contribution in [2.75, 3.05) is 6.54 Å². The molecule has 1 unspecified atom stereocenters. The Morgan fingerprint density at radius 1 is 1.19 bits per heavy atom. The summed E-state index contributed by atoms with van der Waals surface area (Å²) in [5.74, 6) is 0.374. The maximum Gasteiger partial charge on any atom is 0.254 e. The molecule has 27 heavy (non-hydrogen) atoms. The smallest absolute Gasteiger partial charge is 0.254 e. The zero-order valence-electron chi connectivity index (χ0n) is 17.2. The van der Waals surface area contributed by atoms with Crippen molar-refractivity contribution in [2.24, 2.45) is 5.73 Å². The molecule has 1 aromatic heterocycles. The second kappa shape index (κ2) is 9.38. The molecule has 0 fully saturated rings. The highest BCUT2D eigenvalue weighted by atomic mass is 35.5. The van der Waals surface area contributed by atoms with Gasteiger partial charge in [-0.15, -0.1) is 12.4 Å². The van der Waals surface area contributed by atoms with E-state index in [4.69, 9.17) is 5.73 Å². The van der Waals surface area contributed by atoms with Gasteiger partial charge in [-0.2, -0.15) is 5.10 Å². The molecule has 0 aliphatic carbocycles. The van der Waals surface area contributed by atoms with Crippen LogP contribution in [-0.2, 0) is 12.0 Å². The van der Waals surface area contributed by atoms with Crippen molar-refractivity contribution in [3.05, 3.63) is 52.8 Å². The molecule has 0 spiro atoms. The number of hydrogen-bond acceptors (Lipinski definition) is 3. The maximum atomic E-state index is 12.6. The number of nitrogens with two attached hydrogens (primary N) is 1. The molecular formula is C21H33ClN4O. The van der Waals surface area contributed by atoms with E-state index >= 15 is 0 Å². The van der Waals surface area contributed by atoms with Gasteiger partial charge < -0.3 is 11.1 Å². The number of nitrogens with zero attached hydrogens (tertiary/aromatic N) is 2. The summed E-state index contributed by atoms with van der Waals surface area (Å²) in [6, 6.07) is 8.06. The topological polar surface area (TPSA) is 72.9 Å². The van der Waals surface area contributed by atoms with Crippen LogP contribution in [0.5, 0.6) is 0 Å². The Morgan fingerprint density at radius 2 is 1.74 bits per heavy atom. The average molecular weight is 393 g/mol. The fourth-order valence-electron chi connectivity index (χ4n) is 3.03. The van der Waals surface area contributed by atoms with Gasteiger partial charge in [0.05, 0.1) is 23.0 Å². The number of benzene rings is 1. The summed E-state index contributed by atoms with van der Waals surface area (Å²) in [6.45, 7) is 13.0. The number of carbonyl (C=O) groups is 1. The third-order valence-corrected chi connectivity index (χ3v) is 4.60. The van der Waals surface area contributed by atoms with Gasteiger partial charge in [0, 0.05) is 12.6 Å². The number of carbonyl (C=O) groups excluding carboxylic acids is 1. The SMILES string of the molecule is CCc1c(C(=O)NCC(N)c2ccc(C(C)C)cc2)cnn1C(C)(C)C.Cl. The van der Waals surface area contributed by atoms with Gasteiger partial charge in [-0.3, -0.25) is 9.48 Å². The van der Waals surface area contributed by atoms with Gasteiger partial charge in [0.2, 0.25) is 0 Å². The first kappa shape index (κ1) is 23.2. The molecule has 0 radical (unpaired) electrons. The van der Waals surface area contributed by atoms with E-state index in [2.05, 4.69) is 57.2 Å². The summed E-state index contributed by atoms with van der Waals surface area (Å²) in [4.78, 5) is 12.6. The summed E-state index contributed by atoms with van der Waals surface area (Å²) < 4.78 is 1.92. The van der Waals surface area contributed by atoms with Crippen LogP contribution in [0.2, 0.25) is 0 Å².